The van der Waals surface area contributed by atoms with Gasteiger partial charge in [-0.2, -0.15) is 20.5 Å². The topological polar surface area (TPSA) is 179 Å². The summed E-state index contributed by atoms with van der Waals surface area (Å²) in [6.45, 7) is 2.45. The number of ether oxygens (including phenoxy) is 4. The van der Waals surface area contributed by atoms with Crippen molar-refractivity contribution >= 4 is 69.3 Å². The van der Waals surface area contributed by atoms with Crippen LogP contribution in [0, 0.1) is 0 Å². The molecule has 270 valence electrons. The van der Waals surface area contributed by atoms with E-state index in [-0.39, 0.29) is 15.7 Å². The number of azo groups is 2. The van der Waals surface area contributed by atoms with Crippen LogP contribution in [0.5, 0.6) is 23.0 Å². The Morgan fingerprint density at radius 2 is 1.00 bits per heavy atom. The molecule has 0 fully saturated rings. The largest absolute Gasteiger partial charge is 0.497 e. The molecule has 0 aliphatic heterocycles. The molecule has 4 aromatic rings. The Hall–Kier alpha value is -5.86. The van der Waals surface area contributed by atoms with E-state index in [1.807, 2.05) is 0 Å². The minimum Gasteiger partial charge on any atom is -0.497 e. The van der Waals surface area contributed by atoms with E-state index in [0.717, 1.165) is 0 Å². The fourth-order valence-electron chi connectivity index (χ4n) is 4.68. The minimum absolute atomic E-state index is 0.200. The standard InChI is InChI=1S/C36H34Cl2N6O8/c1-19(45)33(35(47)39-28-13-11-24(49-3)17-30(28)51-5)43-41-22-9-7-21(8-10-22)32-26(37)15-23(16-27(32)38)42-44-34(20(2)46)36(48)40-29-14-12-25(50-4)18-31(29)52-6/h7-18,33-34H,1-6H3,(H,39,47)(H,40,48). The summed E-state index contributed by atoms with van der Waals surface area (Å²) >= 11 is 13.2. The van der Waals surface area contributed by atoms with Crippen molar-refractivity contribution in [2.75, 3.05) is 39.1 Å². The van der Waals surface area contributed by atoms with Gasteiger partial charge in [-0.25, -0.2) is 0 Å². The molecule has 0 aliphatic rings. The fourth-order valence-corrected chi connectivity index (χ4v) is 5.37. The van der Waals surface area contributed by atoms with Crippen molar-refractivity contribution in [3.8, 4) is 34.1 Å². The first kappa shape index (κ1) is 38.9. The number of ketones is 2. The second kappa shape index (κ2) is 17.9. The number of nitrogens with zero attached hydrogens (tertiary/aromatic N) is 4. The predicted octanol–water partition coefficient (Wildman–Crippen LogP) is 8.05. The van der Waals surface area contributed by atoms with Gasteiger partial charge in [0, 0.05) is 17.7 Å². The van der Waals surface area contributed by atoms with Gasteiger partial charge in [0.25, 0.3) is 11.8 Å². The first-order valence-corrected chi connectivity index (χ1v) is 16.1. The van der Waals surface area contributed by atoms with Crippen LogP contribution in [0.2, 0.25) is 10.0 Å². The number of amides is 2. The van der Waals surface area contributed by atoms with Gasteiger partial charge in [0.15, 0.2) is 11.6 Å². The van der Waals surface area contributed by atoms with Crippen LogP contribution in [-0.4, -0.2) is 63.9 Å². The zero-order valence-corrected chi connectivity index (χ0v) is 30.4. The highest BCUT2D eigenvalue weighted by molar-refractivity contribution is 6.39. The van der Waals surface area contributed by atoms with Crippen LogP contribution in [0.1, 0.15) is 13.8 Å². The van der Waals surface area contributed by atoms with Crippen molar-refractivity contribution in [3.63, 3.8) is 0 Å². The number of benzene rings is 4. The minimum atomic E-state index is -1.47. The molecule has 14 nitrogen and oxygen atoms in total. The molecule has 0 bridgehead atoms. The number of anilines is 2. The first-order valence-electron chi connectivity index (χ1n) is 15.4. The number of rotatable bonds is 15. The lowest BCUT2D eigenvalue weighted by atomic mass is 10.0. The Balaban J connectivity index is 1.48. The van der Waals surface area contributed by atoms with Crippen molar-refractivity contribution in [2.45, 2.75) is 25.9 Å². The summed E-state index contributed by atoms with van der Waals surface area (Å²) in [5.41, 5.74) is 2.27. The molecule has 0 saturated heterocycles. The third-order valence-electron chi connectivity index (χ3n) is 7.36. The van der Waals surface area contributed by atoms with E-state index < -0.39 is 35.5 Å². The van der Waals surface area contributed by atoms with Crippen LogP contribution in [0.15, 0.2) is 93.3 Å². The molecule has 2 atom stereocenters. The number of methoxy groups -OCH3 is 4. The normalized spacial score (nSPS) is 12.2. The van der Waals surface area contributed by atoms with Crippen molar-refractivity contribution in [1.29, 1.82) is 0 Å². The maximum Gasteiger partial charge on any atom is 0.258 e. The van der Waals surface area contributed by atoms with E-state index >= 15 is 0 Å². The van der Waals surface area contributed by atoms with Gasteiger partial charge in [-0.1, -0.05) is 35.3 Å². The molecule has 2 N–H and O–H groups in total. The zero-order chi connectivity index (χ0) is 37.9. The van der Waals surface area contributed by atoms with Gasteiger partial charge in [0.05, 0.1) is 61.2 Å². The molecule has 0 spiro atoms. The summed E-state index contributed by atoms with van der Waals surface area (Å²) in [7, 11) is 5.87. The summed E-state index contributed by atoms with van der Waals surface area (Å²) in [4.78, 5) is 50.6. The maximum absolute atomic E-state index is 13.0. The summed E-state index contributed by atoms with van der Waals surface area (Å²) in [6, 6.07) is 16.2. The highest BCUT2D eigenvalue weighted by Gasteiger charge is 2.26. The average molecular weight is 750 g/mol. The number of halogens is 2. The molecular weight excluding hydrogens is 715 g/mol. The number of carbonyl (C=O) groups is 4. The summed E-state index contributed by atoms with van der Waals surface area (Å²) in [5.74, 6) is -0.778. The van der Waals surface area contributed by atoms with Gasteiger partial charge >= 0.3 is 0 Å². The van der Waals surface area contributed by atoms with Crippen molar-refractivity contribution in [3.05, 3.63) is 82.8 Å². The summed E-state index contributed by atoms with van der Waals surface area (Å²) < 4.78 is 20.9. The summed E-state index contributed by atoms with van der Waals surface area (Å²) in [5, 5.41) is 21.8. The molecule has 0 radical (unpaired) electrons. The van der Waals surface area contributed by atoms with Crippen molar-refractivity contribution in [2.24, 2.45) is 20.5 Å². The van der Waals surface area contributed by atoms with Crippen LogP contribution in [0.3, 0.4) is 0 Å². The van der Waals surface area contributed by atoms with E-state index in [1.54, 1.807) is 60.7 Å². The average Bonchev–Trinajstić information content (AvgIpc) is 3.12. The fraction of sp³-hybridized carbons (Fsp3) is 0.222. The van der Waals surface area contributed by atoms with Crippen LogP contribution in [-0.2, 0) is 19.2 Å². The number of carbonyl (C=O) groups excluding carboxylic acids is 4. The van der Waals surface area contributed by atoms with Crippen LogP contribution in [0.25, 0.3) is 11.1 Å². The van der Waals surface area contributed by atoms with E-state index in [2.05, 4.69) is 31.1 Å². The van der Waals surface area contributed by atoms with Crippen molar-refractivity contribution < 1.29 is 38.1 Å². The van der Waals surface area contributed by atoms with Gasteiger partial charge in [-0.05, 0) is 67.9 Å². The third-order valence-corrected chi connectivity index (χ3v) is 7.96. The highest BCUT2D eigenvalue weighted by atomic mass is 35.5. The predicted molar refractivity (Wildman–Crippen MR) is 196 cm³/mol. The Labute approximate surface area is 309 Å². The van der Waals surface area contributed by atoms with Gasteiger partial charge < -0.3 is 29.6 Å². The highest BCUT2D eigenvalue weighted by Crippen LogP contribution is 2.39. The Morgan fingerprint density at radius 3 is 1.38 bits per heavy atom. The Bertz CT molecular complexity index is 2010. The van der Waals surface area contributed by atoms with Gasteiger partial charge in [0.2, 0.25) is 12.1 Å². The molecule has 52 heavy (non-hydrogen) atoms. The lowest BCUT2D eigenvalue weighted by molar-refractivity contribution is -0.127. The van der Waals surface area contributed by atoms with Crippen LogP contribution in [0.4, 0.5) is 22.7 Å². The Morgan fingerprint density at radius 1 is 0.577 bits per heavy atom. The smallest absolute Gasteiger partial charge is 0.258 e. The molecule has 16 heteroatoms. The van der Waals surface area contributed by atoms with Gasteiger partial charge in [0.1, 0.15) is 23.0 Å². The molecule has 0 aliphatic carbocycles. The third kappa shape index (κ3) is 9.68. The molecule has 2 amide bonds. The van der Waals surface area contributed by atoms with Gasteiger partial charge in [-0.3, -0.25) is 19.2 Å². The number of nitrogens with one attached hydrogen (secondary N) is 2. The lowest BCUT2D eigenvalue weighted by Crippen LogP contribution is -2.32. The van der Waals surface area contributed by atoms with E-state index in [4.69, 9.17) is 42.1 Å². The van der Waals surface area contributed by atoms with E-state index in [9.17, 15) is 19.2 Å². The summed E-state index contributed by atoms with van der Waals surface area (Å²) in [6.07, 6.45) is 0. The molecule has 0 saturated carbocycles. The molecule has 4 rings (SSSR count). The number of Topliss-reactive ketones (excluding diaryl/α,β-unsaturated/α-hetero) is 2. The van der Waals surface area contributed by atoms with Crippen LogP contribution < -0.4 is 29.6 Å². The molecule has 0 heterocycles. The second-order valence-electron chi connectivity index (χ2n) is 10.9. The molecular formula is C36H34Cl2N6O8. The number of hydrogen-bond acceptors (Lipinski definition) is 12. The Kier molecular flexibility index (Phi) is 13.4. The lowest BCUT2D eigenvalue weighted by Gasteiger charge is -2.13. The zero-order valence-electron chi connectivity index (χ0n) is 28.9. The van der Waals surface area contributed by atoms with Crippen LogP contribution >= 0.6 is 23.2 Å². The molecule has 4 aromatic carbocycles. The van der Waals surface area contributed by atoms with Crippen molar-refractivity contribution in [1.82, 2.24) is 0 Å². The monoisotopic (exact) mass is 748 g/mol. The van der Waals surface area contributed by atoms with E-state index in [1.165, 1.54) is 54.4 Å². The van der Waals surface area contributed by atoms with E-state index in [0.29, 0.717) is 51.2 Å². The quantitative estimate of drug-likeness (QED) is 0.0905. The molecule has 2 unspecified atom stereocenters. The first-order chi connectivity index (χ1) is 24.9. The second-order valence-corrected chi connectivity index (χ2v) is 11.7. The number of hydrogen-bond donors (Lipinski definition) is 2. The molecule has 0 aromatic heterocycles. The maximum atomic E-state index is 13.0. The SMILES string of the molecule is COc1ccc(NC(=O)C(N=Nc2ccc(-c3c(Cl)cc(N=NC(C(C)=O)C(=O)Nc4ccc(OC)cc4OC)cc3Cl)cc2)C(C)=O)c(OC)c1. The van der Waals surface area contributed by atoms with Gasteiger partial charge in [-0.15, -0.1) is 0 Å².